The van der Waals surface area contributed by atoms with E-state index in [-0.39, 0.29) is 5.41 Å². The highest BCUT2D eigenvalue weighted by Gasteiger charge is 2.22. The third kappa shape index (κ3) is 2.80. The normalized spacial score (nSPS) is 12.1. The van der Waals surface area contributed by atoms with Crippen molar-refractivity contribution in [3.05, 3.63) is 30.6 Å². The van der Waals surface area contributed by atoms with Crippen molar-refractivity contribution in [1.29, 1.82) is 0 Å². The molecule has 0 aliphatic heterocycles. The fourth-order valence-electron chi connectivity index (χ4n) is 1.89. The monoisotopic (exact) mass is 257 g/mol. The van der Waals surface area contributed by atoms with E-state index < -0.39 is 0 Å². The number of nitrogens with zero attached hydrogens (tertiary/aromatic N) is 1. The van der Waals surface area contributed by atoms with E-state index in [1.54, 1.807) is 6.20 Å². The minimum Gasteiger partial charge on any atom is -0.398 e. The maximum atomic E-state index is 5.99. The van der Waals surface area contributed by atoms with Crippen LogP contribution in [-0.2, 0) is 0 Å². The number of hydrogen-bond acceptors (Lipinski definition) is 3. The van der Waals surface area contributed by atoms with E-state index >= 15 is 0 Å². The summed E-state index contributed by atoms with van der Waals surface area (Å²) < 4.78 is 0. The largest absolute Gasteiger partial charge is 0.398 e. The summed E-state index contributed by atoms with van der Waals surface area (Å²) in [5.41, 5.74) is 8.14. The molecule has 0 aliphatic carbocycles. The van der Waals surface area contributed by atoms with E-state index in [2.05, 4.69) is 38.0 Å². The van der Waals surface area contributed by atoms with Gasteiger partial charge in [-0.05, 0) is 29.5 Å². The van der Waals surface area contributed by atoms with Crippen LogP contribution in [0.15, 0.2) is 30.6 Å². The fraction of sp³-hybridized carbons (Fsp3) is 0.438. The summed E-state index contributed by atoms with van der Waals surface area (Å²) in [6, 6.07) is 6.00. The van der Waals surface area contributed by atoms with Crippen molar-refractivity contribution in [1.82, 2.24) is 4.98 Å². The summed E-state index contributed by atoms with van der Waals surface area (Å²) in [6.07, 6.45) is 3.63. The molecule has 0 unspecified atom stereocenters. The van der Waals surface area contributed by atoms with Crippen LogP contribution >= 0.6 is 0 Å². The lowest BCUT2D eigenvalue weighted by Crippen LogP contribution is -2.28. The van der Waals surface area contributed by atoms with Gasteiger partial charge < -0.3 is 11.1 Å². The number of nitrogens with two attached hydrogens (primary N) is 1. The first-order chi connectivity index (χ1) is 8.92. The van der Waals surface area contributed by atoms with Crippen LogP contribution in [0.1, 0.15) is 27.7 Å². The standard InChI is InChI=1S/C16H23N3/c1-11(2)16(3,4)10-19-15-6-5-14(17)13-9-18-8-7-12(13)15/h5-9,11,19H,10,17H2,1-4H3. The lowest BCUT2D eigenvalue weighted by atomic mass is 9.81. The molecule has 0 aliphatic rings. The minimum atomic E-state index is 0.251. The van der Waals surface area contributed by atoms with Crippen LogP contribution in [0.2, 0.25) is 0 Å². The second-order valence-electron chi connectivity index (χ2n) is 6.12. The van der Waals surface area contributed by atoms with Crippen molar-refractivity contribution in [2.24, 2.45) is 11.3 Å². The molecule has 102 valence electrons. The smallest absolute Gasteiger partial charge is 0.0422 e. The first kappa shape index (κ1) is 13.7. The number of fused-ring (bicyclic) bond motifs is 1. The Morgan fingerprint density at radius 2 is 1.95 bits per heavy atom. The van der Waals surface area contributed by atoms with Gasteiger partial charge in [0.2, 0.25) is 0 Å². The maximum Gasteiger partial charge on any atom is 0.0422 e. The average molecular weight is 257 g/mol. The molecule has 0 atom stereocenters. The van der Waals surface area contributed by atoms with Gasteiger partial charge in [0.15, 0.2) is 0 Å². The lowest BCUT2D eigenvalue weighted by Gasteiger charge is -2.30. The number of anilines is 2. The molecular weight excluding hydrogens is 234 g/mol. The summed E-state index contributed by atoms with van der Waals surface area (Å²) in [6.45, 7) is 10.0. The molecule has 0 bridgehead atoms. The lowest BCUT2D eigenvalue weighted by molar-refractivity contribution is 0.270. The Bertz CT molecular complexity index is 573. The summed E-state index contributed by atoms with van der Waals surface area (Å²) in [5, 5.41) is 5.70. The van der Waals surface area contributed by atoms with Gasteiger partial charge in [-0.1, -0.05) is 27.7 Å². The Balaban J connectivity index is 2.29. The molecule has 3 heteroatoms. The molecule has 0 saturated carbocycles. The third-order valence-corrected chi connectivity index (χ3v) is 4.15. The molecule has 0 amide bonds. The van der Waals surface area contributed by atoms with E-state index in [0.29, 0.717) is 5.92 Å². The van der Waals surface area contributed by atoms with Gasteiger partial charge in [0.25, 0.3) is 0 Å². The molecule has 2 aromatic rings. The predicted octanol–water partition coefficient (Wildman–Crippen LogP) is 3.91. The SMILES string of the molecule is CC(C)C(C)(C)CNc1ccc(N)c2cnccc12. The molecule has 1 heterocycles. The Labute approximate surface area is 115 Å². The topological polar surface area (TPSA) is 50.9 Å². The molecule has 0 fully saturated rings. The van der Waals surface area contributed by atoms with Crippen LogP contribution < -0.4 is 11.1 Å². The number of rotatable bonds is 4. The molecule has 3 nitrogen and oxygen atoms in total. The Kier molecular flexibility index (Phi) is 3.65. The average Bonchev–Trinajstić information content (AvgIpc) is 2.38. The molecule has 0 spiro atoms. The third-order valence-electron chi connectivity index (χ3n) is 4.15. The first-order valence-corrected chi connectivity index (χ1v) is 6.78. The summed E-state index contributed by atoms with van der Waals surface area (Å²) >= 11 is 0. The van der Waals surface area contributed by atoms with Gasteiger partial charge >= 0.3 is 0 Å². The van der Waals surface area contributed by atoms with Crippen LogP contribution in [0.3, 0.4) is 0 Å². The second-order valence-corrected chi connectivity index (χ2v) is 6.12. The highest BCUT2D eigenvalue weighted by molar-refractivity contribution is 6.00. The van der Waals surface area contributed by atoms with Gasteiger partial charge in [-0.2, -0.15) is 0 Å². The van der Waals surface area contributed by atoms with Crippen molar-refractivity contribution in [3.8, 4) is 0 Å². The van der Waals surface area contributed by atoms with Crippen LogP contribution in [0.25, 0.3) is 10.8 Å². The Morgan fingerprint density at radius 1 is 1.21 bits per heavy atom. The van der Waals surface area contributed by atoms with Crippen LogP contribution in [0, 0.1) is 11.3 Å². The van der Waals surface area contributed by atoms with Crippen LogP contribution in [0.5, 0.6) is 0 Å². The van der Waals surface area contributed by atoms with Crippen molar-refractivity contribution < 1.29 is 0 Å². The summed E-state index contributed by atoms with van der Waals surface area (Å²) in [5.74, 6) is 0.627. The maximum absolute atomic E-state index is 5.99. The zero-order valence-corrected chi connectivity index (χ0v) is 12.2. The molecule has 3 N–H and O–H groups in total. The summed E-state index contributed by atoms with van der Waals surface area (Å²) in [7, 11) is 0. The van der Waals surface area contributed by atoms with E-state index in [1.807, 2.05) is 24.4 Å². The first-order valence-electron chi connectivity index (χ1n) is 6.78. The highest BCUT2D eigenvalue weighted by Crippen LogP contribution is 2.30. The molecule has 1 aromatic carbocycles. The van der Waals surface area contributed by atoms with Gasteiger partial charge in [0, 0.05) is 41.1 Å². The van der Waals surface area contributed by atoms with E-state index in [1.165, 1.54) is 0 Å². The van der Waals surface area contributed by atoms with Crippen molar-refractivity contribution >= 4 is 22.1 Å². The van der Waals surface area contributed by atoms with Crippen molar-refractivity contribution in [3.63, 3.8) is 0 Å². The van der Waals surface area contributed by atoms with Crippen LogP contribution in [-0.4, -0.2) is 11.5 Å². The van der Waals surface area contributed by atoms with Crippen molar-refractivity contribution in [2.75, 3.05) is 17.6 Å². The predicted molar refractivity (Wildman–Crippen MR) is 83.3 cm³/mol. The Hall–Kier alpha value is -1.77. The van der Waals surface area contributed by atoms with Gasteiger partial charge in [-0.15, -0.1) is 0 Å². The van der Waals surface area contributed by atoms with E-state index in [9.17, 15) is 0 Å². The fourth-order valence-corrected chi connectivity index (χ4v) is 1.89. The number of pyridine rings is 1. The molecule has 1 aromatic heterocycles. The molecule has 0 saturated heterocycles. The Morgan fingerprint density at radius 3 is 2.63 bits per heavy atom. The number of nitrogens with one attached hydrogen (secondary N) is 1. The van der Waals surface area contributed by atoms with Gasteiger partial charge in [-0.25, -0.2) is 0 Å². The van der Waals surface area contributed by atoms with Crippen molar-refractivity contribution in [2.45, 2.75) is 27.7 Å². The van der Waals surface area contributed by atoms with Crippen LogP contribution in [0.4, 0.5) is 11.4 Å². The molecule has 19 heavy (non-hydrogen) atoms. The number of benzene rings is 1. The number of hydrogen-bond donors (Lipinski definition) is 2. The quantitative estimate of drug-likeness (QED) is 0.816. The van der Waals surface area contributed by atoms with Gasteiger partial charge in [0.1, 0.15) is 0 Å². The van der Waals surface area contributed by atoms with E-state index in [0.717, 1.165) is 28.7 Å². The molecule has 0 radical (unpaired) electrons. The molecular formula is C16H23N3. The minimum absolute atomic E-state index is 0.251. The number of aromatic nitrogens is 1. The van der Waals surface area contributed by atoms with Gasteiger partial charge in [0.05, 0.1) is 0 Å². The highest BCUT2D eigenvalue weighted by atomic mass is 14.9. The van der Waals surface area contributed by atoms with E-state index in [4.69, 9.17) is 5.73 Å². The molecule has 2 rings (SSSR count). The number of nitrogen functional groups attached to an aromatic ring is 1. The van der Waals surface area contributed by atoms with Gasteiger partial charge in [-0.3, -0.25) is 4.98 Å². The summed E-state index contributed by atoms with van der Waals surface area (Å²) in [4.78, 5) is 4.14. The zero-order chi connectivity index (χ0) is 14.0. The zero-order valence-electron chi connectivity index (χ0n) is 12.2. The second kappa shape index (κ2) is 5.08.